The van der Waals surface area contributed by atoms with Gasteiger partial charge in [0.2, 0.25) is 0 Å². The van der Waals surface area contributed by atoms with Crippen LogP contribution in [0.3, 0.4) is 0 Å². The second kappa shape index (κ2) is 7.97. The zero-order valence-corrected chi connectivity index (χ0v) is 15.3. The number of benzene rings is 2. The molecule has 0 heterocycles. The zero-order valence-electron chi connectivity index (χ0n) is 13.7. The summed E-state index contributed by atoms with van der Waals surface area (Å²) in [6, 6.07) is 12.6. The Bertz CT molecular complexity index is 751. The molecule has 25 heavy (non-hydrogen) atoms. The van der Waals surface area contributed by atoms with Gasteiger partial charge in [-0.1, -0.05) is 46.3 Å². The molecule has 0 aliphatic heterocycles. The summed E-state index contributed by atoms with van der Waals surface area (Å²) in [4.78, 5) is 11.9. The Morgan fingerprint density at radius 1 is 1.20 bits per heavy atom. The van der Waals surface area contributed by atoms with Crippen molar-refractivity contribution in [1.82, 2.24) is 0 Å². The van der Waals surface area contributed by atoms with Gasteiger partial charge < -0.3 is 14.2 Å². The fraction of sp³-hybridized carbons (Fsp3) is 0.316. The van der Waals surface area contributed by atoms with Crippen LogP contribution in [0.25, 0.3) is 0 Å². The fourth-order valence-electron chi connectivity index (χ4n) is 2.63. The molecule has 1 aliphatic carbocycles. The van der Waals surface area contributed by atoms with Crippen molar-refractivity contribution in [3.05, 3.63) is 63.9 Å². The van der Waals surface area contributed by atoms with E-state index in [-0.39, 0.29) is 23.5 Å². The van der Waals surface area contributed by atoms with Crippen LogP contribution in [0, 0.1) is 5.82 Å². The molecule has 0 saturated heterocycles. The maximum atomic E-state index is 14.3. The lowest BCUT2D eigenvalue weighted by atomic mass is 9.91. The van der Waals surface area contributed by atoms with Gasteiger partial charge in [0.15, 0.2) is 11.6 Å². The molecule has 3 rings (SSSR count). The van der Waals surface area contributed by atoms with Crippen LogP contribution in [0.4, 0.5) is 4.39 Å². The van der Waals surface area contributed by atoms with E-state index in [1.165, 1.54) is 19.2 Å². The number of methoxy groups -OCH3 is 1. The third-order valence-corrected chi connectivity index (χ3v) is 4.60. The molecule has 4 nitrogen and oxygen atoms in total. The molecule has 1 saturated carbocycles. The lowest BCUT2D eigenvalue weighted by molar-refractivity contribution is -0.0925. The van der Waals surface area contributed by atoms with Crippen LogP contribution in [-0.4, -0.2) is 25.3 Å². The number of ether oxygens (including phenoxy) is 3. The Hall–Kier alpha value is -1.92. The number of hydrogen-bond acceptors (Lipinski definition) is 4. The molecule has 0 spiro atoms. The lowest BCUT2D eigenvalue weighted by Gasteiger charge is -2.36. The van der Waals surface area contributed by atoms with E-state index in [1.54, 1.807) is 0 Å². The number of halogens is 2. The van der Waals surface area contributed by atoms with E-state index >= 15 is 0 Å². The van der Waals surface area contributed by atoms with E-state index < -0.39 is 11.8 Å². The van der Waals surface area contributed by atoms with Crippen LogP contribution < -0.4 is 4.74 Å². The first-order chi connectivity index (χ1) is 12.1. The van der Waals surface area contributed by atoms with Gasteiger partial charge in [-0.2, -0.15) is 0 Å². The van der Waals surface area contributed by atoms with Gasteiger partial charge in [-0.25, -0.2) is 9.18 Å². The minimum absolute atomic E-state index is 0.0584. The lowest BCUT2D eigenvalue weighted by Crippen LogP contribution is -2.43. The highest BCUT2D eigenvalue weighted by molar-refractivity contribution is 9.10. The first-order valence-corrected chi connectivity index (χ1v) is 8.77. The quantitative estimate of drug-likeness (QED) is 0.659. The van der Waals surface area contributed by atoms with Crippen LogP contribution in [0.2, 0.25) is 0 Å². The molecule has 0 amide bonds. The van der Waals surface area contributed by atoms with E-state index in [9.17, 15) is 9.18 Å². The normalized spacial score (nSPS) is 19.2. The Labute approximate surface area is 154 Å². The summed E-state index contributed by atoms with van der Waals surface area (Å²) in [5.41, 5.74) is 1.13. The molecule has 2 aromatic rings. The fourth-order valence-corrected chi connectivity index (χ4v) is 3.06. The monoisotopic (exact) mass is 408 g/mol. The molecular weight excluding hydrogens is 391 g/mol. The highest BCUT2D eigenvalue weighted by atomic mass is 79.9. The third-order valence-electron chi connectivity index (χ3n) is 4.14. The van der Waals surface area contributed by atoms with E-state index in [0.717, 1.165) is 18.4 Å². The Kier molecular flexibility index (Phi) is 5.71. The van der Waals surface area contributed by atoms with Crippen molar-refractivity contribution in [3.63, 3.8) is 0 Å². The van der Waals surface area contributed by atoms with Gasteiger partial charge in [-0.15, -0.1) is 0 Å². The molecule has 1 fully saturated rings. The first-order valence-electron chi connectivity index (χ1n) is 7.98. The van der Waals surface area contributed by atoms with Crippen molar-refractivity contribution < 1.29 is 23.4 Å². The molecule has 0 unspecified atom stereocenters. The molecule has 1 aliphatic rings. The zero-order chi connectivity index (χ0) is 17.8. The minimum atomic E-state index is -0.642. The number of carbonyl (C=O) groups excluding carboxylic acids is 1. The molecule has 2 aromatic carbocycles. The van der Waals surface area contributed by atoms with Crippen molar-refractivity contribution in [1.29, 1.82) is 0 Å². The minimum Gasteiger partial charge on any atom is -0.484 e. The average Bonchev–Trinajstić information content (AvgIpc) is 2.59. The molecule has 0 bridgehead atoms. The molecule has 0 radical (unpaired) electrons. The second-order valence-electron chi connectivity index (χ2n) is 5.82. The number of hydrogen-bond donors (Lipinski definition) is 0. The largest absolute Gasteiger partial charge is 0.484 e. The van der Waals surface area contributed by atoms with Gasteiger partial charge in [-0.05, 0) is 30.5 Å². The summed E-state index contributed by atoms with van der Waals surface area (Å²) in [5, 5.41) is 0. The van der Waals surface area contributed by atoms with Gasteiger partial charge >= 0.3 is 5.97 Å². The summed E-state index contributed by atoms with van der Waals surface area (Å²) in [6.07, 6.45) is 1.16. The standard InChI is InChI=1S/C19H18BrFO4/c1-23-19(22)14-9-13(20)10-15(21)18(14)25-17-8-7-16(17)24-11-12-5-3-2-4-6-12/h2-6,9-10,16-17H,7-8,11H2,1H3/t16-,17+/m0/s1. The first kappa shape index (κ1) is 17.9. The van der Waals surface area contributed by atoms with Gasteiger partial charge in [0, 0.05) is 4.47 Å². The van der Waals surface area contributed by atoms with Crippen LogP contribution >= 0.6 is 15.9 Å². The summed E-state index contributed by atoms with van der Waals surface area (Å²) < 4.78 is 31.1. The van der Waals surface area contributed by atoms with Crippen LogP contribution in [0.1, 0.15) is 28.8 Å². The third kappa shape index (κ3) is 4.19. The van der Waals surface area contributed by atoms with Gasteiger partial charge in [-0.3, -0.25) is 0 Å². The Morgan fingerprint density at radius 3 is 2.56 bits per heavy atom. The smallest absolute Gasteiger partial charge is 0.341 e. The highest BCUT2D eigenvalue weighted by Gasteiger charge is 2.35. The summed E-state index contributed by atoms with van der Waals surface area (Å²) in [7, 11) is 1.25. The average molecular weight is 409 g/mol. The van der Waals surface area contributed by atoms with Crippen molar-refractivity contribution in [2.45, 2.75) is 31.7 Å². The Balaban J connectivity index is 1.69. The van der Waals surface area contributed by atoms with Crippen molar-refractivity contribution in [2.75, 3.05) is 7.11 Å². The number of esters is 1. The van der Waals surface area contributed by atoms with Crippen molar-refractivity contribution in [3.8, 4) is 5.75 Å². The maximum Gasteiger partial charge on any atom is 0.341 e. The summed E-state index contributed by atoms with van der Waals surface area (Å²) in [6.45, 7) is 0.470. The number of rotatable bonds is 6. The summed E-state index contributed by atoms with van der Waals surface area (Å²) in [5.74, 6) is -1.34. The molecule has 2 atom stereocenters. The molecular formula is C19H18BrFO4. The van der Waals surface area contributed by atoms with E-state index in [1.807, 2.05) is 30.3 Å². The van der Waals surface area contributed by atoms with Crippen molar-refractivity contribution in [2.24, 2.45) is 0 Å². The van der Waals surface area contributed by atoms with Crippen LogP contribution in [0.15, 0.2) is 46.9 Å². The van der Waals surface area contributed by atoms with Crippen LogP contribution in [-0.2, 0) is 16.1 Å². The Morgan fingerprint density at radius 2 is 1.92 bits per heavy atom. The van der Waals surface area contributed by atoms with E-state index in [0.29, 0.717) is 11.1 Å². The highest BCUT2D eigenvalue weighted by Crippen LogP contribution is 2.34. The molecule has 6 heteroatoms. The predicted molar refractivity (Wildman–Crippen MR) is 94.1 cm³/mol. The van der Waals surface area contributed by atoms with E-state index in [2.05, 4.69) is 15.9 Å². The van der Waals surface area contributed by atoms with Gasteiger partial charge in [0.05, 0.1) is 19.8 Å². The van der Waals surface area contributed by atoms with Crippen molar-refractivity contribution >= 4 is 21.9 Å². The number of carbonyl (C=O) groups is 1. The van der Waals surface area contributed by atoms with Crippen LogP contribution in [0.5, 0.6) is 5.75 Å². The second-order valence-corrected chi connectivity index (χ2v) is 6.74. The molecule has 0 aromatic heterocycles. The maximum absolute atomic E-state index is 14.3. The van der Waals surface area contributed by atoms with E-state index in [4.69, 9.17) is 14.2 Å². The topological polar surface area (TPSA) is 44.8 Å². The molecule has 0 N–H and O–H groups in total. The SMILES string of the molecule is COC(=O)c1cc(Br)cc(F)c1O[C@@H]1CC[C@@H]1OCc1ccccc1. The van der Waals surface area contributed by atoms with Gasteiger partial charge in [0.1, 0.15) is 11.7 Å². The molecule has 132 valence electrons. The predicted octanol–water partition coefficient (Wildman–Crippen LogP) is 4.50. The summed E-state index contributed by atoms with van der Waals surface area (Å²) >= 11 is 3.18. The van der Waals surface area contributed by atoms with Gasteiger partial charge in [0.25, 0.3) is 0 Å².